The van der Waals surface area contributed by atoms with Crippen LogP contribution in [-0.4, -0.2) is 35.0 Å². The number of carbonyl (C=O) groups excluding carboxylic acids is 2. The lowest BCUT2D eigenvalue weighted by Gasteiger charge is -2.15. The summed E-state index contributed by atoms with van der Waals surface area (Å²) in [6.45, 7) is -0.770. The van der Waals surface area contributed by atoms with Crippen LogP contribution in [0.25, 0.3) is 0 Å². The summed E-state index contributed by atoms with van der Waals surface area (Å²) in [6, 6.07) is 0.852. The van der Waals surface area contributed by atoms with E-state index >= 15 is 0 Å². The van der Waals surface area contributed by atoms with Crippen LogP contribution in [0.15, 0.2) is 23.9 Å². The van der Waals surface area contributed by atoms with Gasteiger partial charge in [0.05, 0.1) is 29.4 Å². The third-order valence-electron chi connectivity index (χ3n) is 2.96. The van der Waals surface area contributed by atoms with E-state index in [9.17, 15) is 27.2 Å². The van der Waals surface area contributed by atoms with Gasteiger partial charge in [0.25, 0.3) is 11.8 Å². The summed E-state index contributed by atoms with van der Waals surface area (Å²) in [6.07, 6.45) is -3.97. The van der Waals surface area contributed by atoms with E-state index < -0.39 is 52.4 Å². The first-order valence-corrected chi connectivity index (χ1v) is 6.54. The maximum atomic E-state index is 13.9. The summed E-state index contributed by atoms with van der Waals surface area (Å²) in [5.74, 6) is -2.86. The molecule has 124 valence electrons. The molecule has 2 N–H and O–H groups in total. The van der Waals surface area contributed by atoms with E-state index in [0.29, 0.717) is 17.0 Å². The van der Waals surface area contributed by atoms with Crippen LogP contribution in [0.2, 0.25) is 5.02 Å². The van der Waals surface area contributed by atoms with Crippen LogP contribution < -0.4 is 5.32 Å². The van der Waals surface area contributed by atoms with Crippen molar-refractivity contribution in [2.45, 2.75) is 6.18 Å². The molecule has 0 fully saturated rings. The molecule has 0 bridgehead atoms. The second kappa shape index (κ2) is 6.17. The van der Waals surface area contributed by atoms with Crippen molar-refractivity contribution in [3.63, 3.8) is 0 Å². The molecule has 0 spiro atoms. The molecule has 0 aliphatic carbocycles. The molecule has 0 aromatic heterocycles. The highest BCUT2D eigenvalue weighted by atomic mass is 35.5. The van der Waals surface area contributed by atoms with Crippen LogP contribution in [0.5, 0.6) is 0 Å². The van der Waals surface area contributed by atoms with E-state index in [1.54, 1.807) is 0 Å². The van der Waals surface area contributed by atoms with Crippen LogP contribution in [0.4, 0.5) is 23.2 Å². The molecule has 2 amide bonds. The number of amides is 2. The number of hydrogen-bond acceptors (Lipinski definition) is 4. The largest absolute Gasteiger partial charge is 0.416 e. The minimum absolute atomic E-state index is 0.287. The zero-order chi connectivity index (χ0) is 17.4. The molecule has 1 aliphatic rings. The van der Waals surface area contributed by atoms with Gasteiger partial charge < -0.3 is 10.4 Å². The summed E-state index contributed by atoms with van der Waals surface area (Å²) in [7, 11) is 0. The van der Waals surface area contributed by atoms with E-state index in [4.69, 9.17) is 16.7 Å². The van der Waals surface area contributed by atoms with Gasteiger partial charge in [0.2, 0.25) is 0 Å². The van der Waals surface area contributed by atoms with Gasteiger partial charge in [-0.3, -0.25) is 14.5 Å². The maximum absolute atomic E-state index is 13.9. The number of imide groups is 1. The Balaban J connectivity index is 2.34. The summed E-state index contributed by atoms with van der Waals surface area (Å²) < 4.78 is 52.0. The topological polar surface area (TPSA) is 69.6 Å². The second-order valence-corrected chi connectivity index (χ2v) is 4.93. The van der Waals surface area contributed by atoms with Gasteiger partial charge in [-0.15, -0.1) is 0 Å². The first kappa shape index (κ1) is 17.2. The van der Waals surface area contributed by atoms with Crippen LogP contribution in [0.3, 0.4) is 0 Å². The number of carbonyl (C=O) groups is 2. The maximum Gasteiger partial charge on any atom is 0.416 e. The second-order valence-electron chi connectivity index (χ2n) is 4.52. The van der Waals surface area contributed by atoms with Crippen molar-refractivity contribution >= 4 is 29.1 Å². The van der Waals surface area contributed by atoms with Crippen molar-refractivity contribution in [3.05, 3.63) is 40.3 Å². The molecule has 0 atom stereocenters. The zero-order valence-corrected chi connectivity index (χ0v) is 12.0. The highest BCUT2D eigenvalue weighted by molar-refractivity contribution is 6.31. The fourth-order valence-electron chi connectivity index (χ4n) is 1.90. The van der Waals surface area contributed by atoms with Gasteiger partial charge in [0, 0.05) is 6.08 Å². The Labute approximate surface area is 132 Å². The number of β-amino-alcohol motifs (C(OH)–C–C–N with tert-alkyl or cyclic N) is 1. The van der Waals surface area contributed by atoms with E-state index in [1.165, 1.54) is 0 Å². The van der Waals surface area contributed by atoms with E-state index in [1.807, 2.05) is 0 Å². The Morgan fingerprint density at radius 1 is 1.26 bits per heavy atom. The SMILES string of the molecule is O=C1C=C(Nc2cc(C(F)(F)F)cc(Cl)c2F)C(=O)N1CCO. The van der Waals surface area contributed by atoms with Crippen molar-refractivity contribution in [1.82, 2.24) is 4.90 Å². The number of anilines is 1. The average Bonchev–Trinajstić information content (AvgIpc) is 2.70. The fourth-order valence-corrected chi connectivity index (χ4v) is 2.12. The number of alkyl halides is 3. The standard InChI is InChI=1S/C13H9ClF4N2O3/c14-7-3-6(13(16,17)18)4-8(11(7)15)19-9-5-10(22)20(1-2-21)12(9)23/h3-5,19,21H,1-2H2. The summed E-state index contributed by atoms with van der Waals surface area (Å²) in [5, 5.41) is 10.1. The van der Waals surface area contributed by atoms with Crippen LogP contribution >= 0.6 is 11.6 Å². The van der Waals surface area contributed by atoms with E-state index in [-0.39, 0.29) is 6.54 Å². The molecule has 1 aromatic carbocycles. The molecule has 1 aliphatic heterocycles. The van der Waals surface area contributed by atoms with Gasteiger partial charge in [-0.2, -0.15) is 13.2 Å². The molecule has 5 nitrogen and oxygen atoms in total. The first-order valence-electron chi connectivity index (χ1n) is 6.16. The van der Waals surface area contributed by atoms with E-state index in [0.717, 1.165) is 6.08 Å². The number of hydrogen-bond donors (Lipinski definition) is 2. The van der Waals surface area contributed by atoms with Crippen molar-refractivity contribution in [2.75, 3.05) is 18.5 Å². The Morgan fingerprint density at radius 3 is 2.48 bits per heavy atom. The lowest BCUT2D eigenvalue weighted by atomic mass is 10.1. The molecular weight excluding hydrogens is 344 g/mol. The summed E-state index contributed by atoms with van der Waals surface area (Å²) in [5.41, 5.74) is -2.32. The molecule has 0 saturated heterocycles. The normalized spacial score (nSPS) is 15.2. The lowest BCUT2D eigenvalue weighted by Crippen LogP contribution is -2.34. The van der Waals surface area contributed by atoms with Crippen LogP contribution in [-0.2, 0) is 15.8 Å². The van der Waals surface area contributed by atoms with Crippen LogP contribution in [0.1, 0.15) is 5.56 Å². The molecule has 23 heavy (non-hydrogen) atoms. The first-order chi connectivity index (χ1) is 10.6. The minimum atomic E-state index is -4.76. The van der Waals surface area contributed by atoms with Gasteiger partial charge in [0.1, 0.15) is 5.70 Å². The molecule has 0 radical (unpaired) electrons. The molecular formula is C13H9ClF4N2O3. The number of halogens is 5. The van der Waals surface area contributed by atoms with Gasteiger partial charge >= 0.3 is 6.18 Å². The number of rotatable bonds is 4. The molecule has 10 heteroatoms. The molecule has 1 heterocycles. The summed E-state index contributed by atoms with van der Waals surface area (Å²) >= 11 is 5.42. The van der Waals surface area contributed by atoms with Crippen LogP contribution in [0, 0.1) is 5.82 Å². The Morgan fingerprint density at radius 2 is 1.91 bits per heavy atom. The Hall–Kier alpha value is -2.13. The fraction of sp³-hybridized carbons (Fsp3) is 0.231. The highest BCUT2D eigenvalue weighted by Crippen LogP contribution is 2.35. The summed E-state index contributed by atoms with van der Waals surface area (Å²) in [4.78, 5) is 24.1. The smallest absolute Gasteiger partial charge is 0.395 e. The third-order valence-corrected chi connectivity index (χ3v) is 3.23. The van der Waals surface area contributed by atoms with Crippen molar-refractivity contribution in [1.29, 1.82) is 0 Å². The predicted molar refractivity (Wildman–Crippen MR) is 71.9 cm³/mol. The van der Waals surface area contributed by atoms with Gasteiger partial charge in [0.15, 0.2) is 5.82 Å². The van der Waals surface area contributed by atoms with E-state index in [2.05, 4.69) is 5.32 Å². The minimum Gasteiger partial charge on any atom is -0.395 e. The quantitative estimate of drug-likeness (QED) is 0.643. The molecule has 0 saturated carbocycles. The van der Waals surface area contributed by atoms with Crippen molar-refractivity contribution < 1.29 is 32.3 Å². The number of nitrogens with one attached hydrogen (secondary N) is 1. The van der Waals surface area contributed by atoms with Crippen molar-refractivity contribution in [2.24, 2.45) is 0 Å². The predicted octanol–water partition coefficient (Wildman–Crippen LogP) is 2.15. The van der Waals surface area contributed by atoms with Crippen molar-refractivity contribution in [3.8, 4) is 0 Å². The molecule has 0 unspecified atom stereocenters. The monoisotopic (exact) mass is 352 g/mol. The Bertz CT molecular complexity index is 703. The van der Waals surface area contributed by atoms with Gasteiger partial charge in [-0.1, -0.05) is 11.6 Å². The van der Waals surface area contributed by atoms with Gasteiger partial charge in [-0.05, 0) is 12.1 Å². The Kier molecular flexibility index (Phi) is 4.62. The van der Waals surface area contributed by atoms with Gasteiger partial charge in [-0.25, -0.2) is 4.39 Å². The number of nitrogens with zero attached hydrogens (tertiary/aromatic N) is 1. The number of benzene rings is 1. The number of aliphatic hydroxyl groups is 1. The number of aliphatic hydroxyl groups excluding tert-OH is 1. The molecule has 2 rings (SSSR count). The zero-order valence-electron chi connectivity index (χ0n) is 11.2. The molecule has 1 aromatic rings. The average molecular weight is 353 g/mol. The lowest BCUT2D eigenvalue weighted by molar-refractivity contribution is -0.138. The highest BCUT2D eigenvalue weighted by Gasteiger charge is 2.34. The third kappa shape index (κ3) is 3.45.